The largest absolute Gasteiger partial charge is 0.359 e. The van der Waals surface area contributed by atoms with E-state index in [1.54, 1.807) is 24.0 Å². The Balaban J connectivity index is 2.65. The fourth-order valence-corrected chi connectivity index (χ4v) is 1.58. The quantitative estimate of drug-likeness (QED) is 0.798. The Morgan fingerprint density at radius 3 is 2.65 bits per heavy atom. The third kappa shape index (κ3) is 3.69. The van der Waals surface area contributed by atoms with Crippen LogP contribution in [0.2, 0.25) is 0 Å². The van der Waals surface area contributed by atoms with Crippen LogP contribution in [0.1, 0.15) is 20.8 Å². The van der Waals surface area contributed by atoms with Crippen molar-refractivity contribution in [2.75, 3.05) is 18.4 Å². The first-order chi connectivity index (χ1) is 8.08. The number of hydrogen-bond donors (Lipinski definition) is 1. The van der Waals surface area contributed by atoms with E-state index in [1.165, 1.54) is 6.07 Å². The van der Waals surface area contributed by atoms with Crippen LogP contribution < -0.4 is 5.32 Å². The van der Waals surface area contributed by atoms with Gasteiger partial charge in [0.1, 0.15) is 11.9 Å². The van der Waals surface area contributed by atoms with Crippen molar-refractivity contribution in [1.82, 2.24) is 9.88 Å². The van der Waals surface area contributed by atoms with Gasteiger partial charge in [-0.1, -0.05) is 6.07 Å². The molecule has 1 rings (SSSR count). The average molecular weight is 239 g/mol. The van der Waals surface area contributed by atoms with Crippen LogP contribution in [0.15, 0.2) is 18.2 Å². The fraction of sp³-hybridized carbons (Fsp3) is 0.500. The van der Waals surface area contributed by atoms with Gasteiger partial charge < -0.3 is 10.2 Å². The Labute approximate surface area is 101 Å². The highest BCUT2D eigenvalue weighted by molar-refractivity contribution is 5.83. The average Bonchev–Trinajstić information content (AvgIpc) is 2.30. The number of carbonyl (C=O) groups excluding carboxylic acids is 1. The van der Waals surface area contributed by atoms with E-state index in [1.807, 2.05) is 13.8 Å². The lowest BCUT2D eigenvalue weighted by Crippen LogP contribution is -2.41. The summed E-state index contributed by atoms with van der Waals surface area (Å²) in [5, 5.41) is 2.89. The third-order valence-corrected chi connectivity index (χ3v) is 2.53. The molecule has 0 spiro atoms. The minimum atomic E-state index is -0.558. The summed E-state index contributed by atoms with van der Waals surface area (Å²) >= 11 is 0. The second kappa shape index (κ2) is 6.18. The number of nitrogens with zero attached hydrogens (tertiary/aromatic N) is 2. The molecule has 1 heterocycles. The number of nitrogens with one attached hydrogen (secondary N) is 1. The van der Waals surface area contributed by atoms with Gasteiger partial charge in [0.25, 0.3) is 0 Å². The van der Waals surface area contributed by atoms with Gasteiger partial charge in [-0.15, -0.1) is 0 Å². The second-order valence-corrected chi connectivity index (χ2v) is 3.72. The van der Waals surface area contributed by atoms with Crippen molar-refractivity contribution >= 4 is 11.7 Å². The summed E-state index contributed by atoms with van der Waals surface area (Å²) in [7, 11) is 0. The van der Waals surface area contributed by atoms with Crippen LogP contribution in [0.3, 0.4) is 0 Å². The van der Waals surface area contributed by atoms with E-state index in [0.29, 0.717) is 18.9 Å². The SMILES string of the molecule is CCN(CC)C(=O)C(C)Nc1cccc(F)n1. The summed E-state index contributed by atoms with van der Waals surface area (Å²) in [4.78, 5) is 17.3. The van der Waals surface area contributed by atoms with Gasteiger partial charge in [0, 0.05) is 13.1 Å². The van der Waals surface area contributed by atoms with E-state index in [2.05, 4.69) is 10.3 Å². The zero-order valence-electron chi connectivity index (χ0n) is 10.4. The van der Waals surface area contributed by atoms with Crippen LogP contribution in [0.25, 0.3) is 0 Å². The van der Waals surface area contributed by atoms with Crippen LogP contribution >= 0.6 is 0 Å². The molecule has 0 aliphatic heterocycles. The molecule has 0 saturated carbocycles. The van der Waals surface area contributed by atoms with Gasteiger partial charge in [-0.25, -0.2) is 4.98 Å². The number of pyridine rings is 1. The van der Waals surface area contributed by atoms with E-state index in [9.17, 15) is 9.18 Å². The van der Waals surface area contributed by atoms with Crippen molar-refractivity contribution in [3.8, 4) is 0 Å². The van der Waals surface area contributed by atoms with Crippen molar-refractivity contribution in [1.29, 1.82) is 0 Å². The number of amides is 1. The maximum atomic E-state index is 12.9. The van der Waals surface area contributed by atoms with E-state index in [-0.39, 0.29) is 5.91 Å². The van der Waals surface area contributed by atoms with Crippen LogP contribution in [-0.2, 0) is 4.79 Å². The first kappa shape index (κ1) is 13.4. The van der Waals surface area contributed by atoms with Gasteiger partial charge in [-0.3, -0.25) is 4.79 Å². The first-order valence-corrected chi connectivity index (χ1v) is 5.76. The molecule has 1 amide bonds. The maximum absolute atomic E-state index is 12.9. The van der Waals surface area contributed by atoms with Crippen LogP contribution in [0.4, 0.5) is 10.2 Å². The number of halogens is 1. The minimum absolute atomic E-state index is 0.0129. The summed E-state index contributed by atoms with van der Waals surface area (Å²) in [6.07, 6.45) is 0. The molecular formula is C12H18FN3O. The highest BCUT2D eigenvalue weighted by Gasteiger charge is 2.18. The molecule has 0 bridgehead atoms. The van der Waals surface area contributed by atoms with Crippen molar-refractivity contribution in [3.63, 3.8) is 0 Å². The van der Waals surface area contributed by atoms with Gasteiger partial charge in [-0.05, 0) is 32.9 Å². The van der Waals surface area contributed by atoms with Gasteiger partial charge in [0.15, 0.2) is 0 Å². The Bertz CT molecular complexity index is 380. The smallest absolute Gasteiger partial charge is 0.244 e. The Morgan fingerprint density at radius 1 is 1.47 bits per heavy atom. The molecule has 0 saturated heterocycles. The van der Waals surface area contributed by atoms with E-state index < -0.39 is 12.0 Å². The number of aromatic nitrogens is 1. The lowest BCUT2D eigenvalue weighted by Gasteiger charge is -2.23. The highest BCUT2D eigenvalue weighted by atomic mass is 19.1. The van der Waals surface area contributed by atoms with Crippen LogP contribution in [0, 0.1) is 5.95 Å². The van der Waals surface area contributed by atoms with Gasteiger partial charge in [0.05, 0.1) is 0 Å². The molecule has 1 atom stereocenters. The molecule has 5 heteroatoms. The molecular weight excluding hydrogens is 221 g/mol. The molecule has 94 valence electrons. The predicted molar refractivity (Wildman–Crippen MR) is 65.2 cm³/mol. The Morgan fingerprint density at radius 2 is 2.12 bits per heavy atom. The molecule has 1 aromatic rings. The topological polar surface area (TPSA) is 45.2 Å². The summed E-state index contributed by atoms with van der Waals surface area (Å²) in [6.45, 7) is 6.92. The number of carbonyl (C=O) groups is 1. The Kier molecular flexibility index (Phi) is 4.87. The second-order valence-electron chi connectivity index (χ2n) is 3.72. The molecule has 0 aromatic carbocycles. The summed E-state index contributed by atoms with van der Waals surface area (Å²) in [6, 6.07) is 4.04. The summed E-state index contributed by atoms with van der Waals surface area (Å²) < 4.78 is 12.9. The number of hydrogen-bond acceptors (Lipinski definition) is 3. The lowest BCUT2D eigenvalue weighted by molar-refractivity contribution is -0.131. The normalized spacial score (nSPS) is 12.0. The van der Waals surface area contributed by atoms with Gasteiger partial charge in [0.2, 0.25) is 11.9 Å². The first-order valence-electron chi connectivity index (χ1n) is 5.76. The molecule has 0 fully saturated rings. The van der Waals surface area contributed by atoms with Crippen molar-refractivity contribution in [2.24, 2.45) is 0 Å². The predicted octanol–water partition coefficient (Wildman–Crippen LogP) is 1.89. The van der Waals surface area contributed by atoms with Gasteiger partial charge >= 0.3 is 0 Å². The molecule has 4 nitrogen and oxygen atoms in total. The van der Waals surface area contributed by atoms with E-state index in [0.717, 1.165) is 0 Å². The molecule has 17 heavy (non-hydrogen) atoms. The van der Waals surface area contributed by atoms with Gasteiger partial charge in [-0.2, -0.15) is 4.39 Å². The van der Waals surface area contributed by atoms with Crippen LogP contribution in [-0.4, -0.2) is 34.9 Å². The summed E-state index contributed by atoms with van der Waals surface area (Å²) in [5.74, 6) is -0.198. The number of likely N-dealkylation sites (N-methyl/N-ethyl adjacent to an activating group) is 1. The molecule has 0 aliphatic carbocycles. The molecule has 0 radical (unpaired) electrons. The lowest BCUT2D eigenvalue weighted by atomic mass is 10.2. The third-order valence-electron chi connectivity index (χ3n) is 2.53. The number of anilines is 1. The van der Waals surface area contributed by atoms with E-state index in [4.69, 9.17) is 0 Å². The zero-order chi connectivity index (χ0) is 12.8. The van der Waals surface area contributed by atoms with Crippen LogP contribution in [0.5, 0.6) is 0 Å². The minimum Gasteiger partial charge on any atom is -0.359 e. The number of rotatable bonds is 5. The summed E-state index contributed by atoms with van der Waals surface area (Å²) in [5.41, 5.74) is 0. The molecule has 1 aromatic heterocycles. The van der Waals surface area contributed by atoms with Crippen molar-refractivity contribution < 1.29 is 9.18 Å². The van der Waals surface area contributed by atoms with Crippen molar-refractivity contribution in [2.45, 2.75) is 26.8 Å². The zero-order valence-corrected chi connectivity index (χ0v) is 10.4. The molecule has 0 aliphatic rings. The maximum Gasteiger partial charge on any atom is 0.244 e. The highest BCUT2D eigenvalue weighted by Crippen LogP contribution is 2.07. The van der Waals surface area contributed by atoms with Crippen molar-refractivity contribution in [3.05, 3.63) is 24.1 Å². The fourth-order valence-electron chi connectivity index (χ4n) is 1.58. The van der Waals surface area contributed by atoms with E-state index >= 15 is 0 Å². The molecule has 1 N–H and O–H groups in total. The monoisotopic (exact) mass is 239 g/mol. The molecule has 1 unspecified atom stereocenters. The standard InChI is InChI=1S/C12H18FN3O/c1-4-16(5-2)12(17)9(3)14-11-8-6-7-10(13)15-11/h6-9H,4-5H2,1-3H3,(H,14,15). The Hall–Kier alpha value is -1.65.